The summed E-state index contributed by atoms with van der Waals surface area (Å²) < 4.78 is 6.41. The van der Waals surface area contributed by atoms with Gasteiger partial charge in [-0.2, -0.15) is 4.98 Å². The first kappa shape index (κ1) is 11.2. The molecule has 4 nitrogen and oxygen atoms in total. The average Bonchev–Trinajstić information content (AvgIpc) is 2.72. The highest BCUT2D eigenvalue weighted by atomic mass is 35.5. The summed E-state index contributed by atoms with van der Waals surface area (Å²) in [5.74, 6) is 0.914. The van der Waals surface area contributed by atoms with Crippen LogP contribution in [-0.4, -0.2) is 36.3 Å². The van der Waals surface area contributed by atoms with Gasteiger partial charge in [0, 0.05) is 13.1 Å². The first-order valence-corrected chi connectivity index (χ1v) is 6.62. The summed E-state index contributed by atoms with van der Waals surface area (Å²) in [4.78, 5) is 10.8. The fraction of sp³-hybridized carbons (Fsp3) is 0.455. The molecular weight excluding hydrogens is 258 g/mol. The molecule has 0 aliphatic carbocycles. The second-order valence-corrected chi connectivity index (χ2v) is 5.08. The molecule has 1 aliphatic rings. The summed E-state index contributed by atoms with van der Waals surface area (Å²) in [5.41, 5.74) is 1.94. The van der Waals surface area contributed by atoms with E-state index in [9.17, 15) is 0 Å². The Kier molecular flexibility index (Phi) is 2.90. The Hall–Kier alpha value is -0.910. The molecule has 0 N–H and O–H groups in total. The van der Waals surface area contributed by atoms with Crippen molar-refractivity contribution in [2.24, 2.45) is 0 Å². The minimum Gasteiger partial charge on any atom is -0.378 e. The van der Waals surface area contributed by atoms with Gasteiger partial charge in [-0.3, -0.25) is 0 Å². The predicted molar refractivity (Wildman–Crippen MR) is 69.0 cm³/mol. The molecule has 17 heavy (non-hydrogen) atoms. The molecule has 2 aromatic heterocycles. The zero-order valence-electron chi connectivity index (χ0n) is 9.36. The largest absolute Gasteiger partial charge is 0.378 e. The van der Waals surface area contributed by atoms with Crippen molar-refractivity contribution < 1.29 is 4.74 Å². The SMILES string of the molecule is Cc1[c]sc2c(N3CCOCC3)nc(Cl)nc12. The van der Waals surface area contributed by atoms with Gasteiger partial charge in [-0.05, 0) is 24.1 Å². The van der Waals surface area contributed by atoms with Gasteiger partial charge in [-0.25, -0.2) is 4.98 Å². The molecular formula is C11H11ClN3OS. The molecule has 0 unspecified atom stereocenters. The molecule has 3 heterocycles. The van der Waals surface area contributed by atoms with Gasteiger partial charge >= 0.3 is 0 Å². The Labute approximate surface area is 108 Å². The lowest BCUT2D eigenvalue weighted by molar-refractivity contribution is 0.122. The third-order valence-corrected chi connectivity index (χ3v) is 3.95. The topological polar surface area (TPSA) is 38.2 Å². The highest BCUT2D eigenvalue weighted by molar-refractivity contribution is 7.17. The molecule has 1 fully saturated rings. The van der Waals surface area contributed by atoms with Gasteiger partial charge in [0.15, 0.2) is 5.82 Å². The Bertz CT molecular complexity index is 551. The van der Waals surface area contributed by atoms with Gasteiger partial charge in [0.25, 0.3) is 0 Å². The molecule has 0 atom stereocenters. The minimum absolute atomic E-state index is 0.300. The van der Waals surface area contributed by atoms with Crippen LogP contribution in [0.5, 0.6) is 0 Å². The fourth-order valence-corrected chi connectivity index (χ4v) is 3.00. The molecule has 6 heteroatoms. The van der Waals surface area contributed by atoms with E-state index in [0.29, 0.717) is 5.28 Å². The monoisotopic (exact) mass is 268 g/mol. The second-order valence-electron chi connectivity index (χ2n) is 3.92. The van der Waals surface area contributed by atoms with Crippen molar-refractivity contribution in [3.63, 3.8) is 0 Å². The smallest absolute Gasteiger partial charge is 0.224 e. The maximum absolute atomic E-state index is 5.98. The predicted octanol–water partition coefficient (Wildman–Crippen LogP) is 2.29. The minimum atomic E-state index is 0.300. The summed E-state index contributed by atoms with van der Waals surface area (Å²) in [6.45, 7) is 5.15. The number of hydrogen-bond acceptors (Lipinski definition) is 5. The van der Waals surface area contributed by atoms with Crippen molar-refractivity contribution >= 4 is 39.0 Å². The molecule has 0 saturated carbocycles. The lowest BCUT2D eigenvalue weighted by atomic mass is 10.3. The van der Waals surface area contributed by atoms with E-state index in [1.807, 2.05) is 6.92 Å². The molecule has 0 bridgehead atoms. The third-order valence-electron chi connectivity index (χ3n) is 2.79. The maximum atomic E-state index is 5.98. The van der Waals surface area contributed by atoms with Crippen LogP contribution in [0.4, 0.5) is 5.82 Å². The van der Waals surface area contributed by atoms with Crippen molar-refractivity contribution in [2.75, 3.05) is 31.2 Å². The van der Waals surface area contributed by atoms with Crippen LogP contribution < -0.4 is 4.90 Å². The molecule has 0 spiro atoms. The van der Waals surface area contributed by atoms with Crippen LogP contribution in [0.25, 0.3) is 10.2 Å². The van der Waals surface area contributed by atoms with Gasteiger partial charge in [0.05, 0.1) is 28.8 Å². The molecule has 0 amide bonds. The van der Waals surface area contributed by atoms with Crippen LogP contribution in [0.2, 0.25) is 5.28 Å². The molecule has 3 rings (SSSR count). The highest BCUT2D eigenvalue weighted by Crippen LogP contribution is 2.32. The van der Waals surface area contributed by atoms with Crippen LogP contribution in [0.3, 0.4) is 0 Å². The average molecular weight is 269 g/mol. The van der Waals surface area contributed by atoms with Crippen molar-refractivity contribution in [3.8, 4) is 0 Å². The Morgan fingerprint density at radius 1 is 1.35 bits per heavy atom. The Morgan fingerprint density at radius 3 is 2.88 bits per heavy atom. The summed E-state index contributed by atoms with van der Waals surface area (Å²) in [5, 5.41) is 3.51. The first-order chi connectivity index (χ1) is 8.25. The number of aryl methyl sites for hydroxylation is 1. The zero-order chi connectivity index (χ0) is 11.8. The normalized spacial score (nSPS) is 16.7. The van der Waals surface area contributed by atoms with E-state index in [4.69, 9.17) is 16.3 Å². The number of rotatable bonds is 1. The second kappa shape index (κ2) is 4.40. The van der Waals surface area contributed by atoms with Crippen LogP contribution in [0.1, 0.15) is 5.56 Å². The van der Waals surface area contributed by atoms with E-state index in [1.165, 1.54) is 0 Å². The molecule has 2 aromatic rings. The van der Waals surface area contributed by atoms with E-state index in [2.05, 4.69) is 20.2 Å². The van der Waals surface area contributed by atoms with E-state index in [0.717, 1.165) is 47.9 Å². The summed E-state index contributed by atoms with van der Waals surface area (Å²) in [7, 11) is 0. The number of fused-ring (bicyclic) bond motifs is 1. The summed E-state index contributed by atoms with van der Waals surface area (Å²) in [6, 6.07) is 0. The standard InChI is InChI=1S/C11H11ClN3OS/c1-7-6-17-9-8(7)13-11(12)14-10(9)15-2-4-16-5-3-15/h2-5H2,1H3. The van der Waals surface area contributed by atoms with E-state index in [-0.39, 0.29) is 0 Å². The van der Waals surface area contributed by atoms with Crippen LogP contribution >= 0.6 is 22.9 Å². The summed E-state index contributed by atoms with van der Waals surface area (Å²) in [6.07, 6.45) is 0. The number of halogens is 1. The summed E-state index contributed by atoms with van der Waals surface area (Å²) >= 11 is 7.53. The Morgan fingerprint density at radius 2 is 2.12 bits per heavy atom. The molecule has 1 radical (unpaired) electrons. The number of anilines is 1. The number of morpholine rings is 1. The maximum Gasteiger partial charge on any atom is 0.224 e. The quantitative estimate of drug-likeness (QED) is 0.744. The van der Waals surface area contributed by atoms with Crippen LogP contribution in [0, 0.1) is 12.3 Å². The third kappa shape index (κ3) is 1.99. The number of aromatic nitrogens is 2. The Balaban J connectivity index is 2.13. The molecule has 0 aromatic carbocycles. The lowest BCUT2D eigenvalue weighted by Gasteiger charge is -2.28. The van der Waals surface area contributed by atoms with Crippen molar-refractivity contribution in [3.05, 3.63) is 16.2 Å². The van der Waals surface area contributed by atoms with Crippen LogP contribution in [0.15, 0.2) is 0 Å². The first-order valence-electron chi connectivity index (χ1n) is 5.43. The van der Waals surface area contributed by atoms with Crippen molar-refractivity contribution in [2.45, 2.75) is 6.92 Å². The van der Waals surface area contributed by atoms with Crippen LogP contribution in [-0.2, 0) is 4.74 Å². The molecule has 89 valence electrons. The van der Waals surface area contributed by atoms with Gasteiger partial charge in [-0.1, -0.05) is 0 Å². The van der Waals surface area contributed by atoms with Crippen molar-refractivity contribution in [1.82, 2.24) is 9.97 Å². The van der Waals surface area contributed by atoms with E-state index >= 15 is 0 Å². The van der Waals surface area contributed by atoms with Gasteiger partial charge < -0.3 is 9.64 Å². The molecule has 1 saturated heterocycles. The van der Waals surface area contributed by atoms with Gasteiger partial charge in [0.2, 0.25) is 5.28 Å². The highest BCUT2D eigenvalue weighted by Gasteiger charge is 2.18. The lowest BCUT2D eigenvalue weighted by Crippen LogP contribution is -2.36. The molecule has 1 aliphatic heterocycles. The zero-order valence-corrected chi connectivity index (χ0v) is 10.9. The fourth-order valence-electron chi connectivity index (χ4n) is 1.93. The van der Waals surface area contributed by atoms with E-state index < -0.39 is 0 Å². The van der Waals surface area contributed by atoms with Gasteiger partial charge in [-0.15, -0.1) is 11.3 Å². The number of nitrogens with zero attached hydrogens (tertiary/aromatic N) is 3. The number of ether oxygens (including phenoxy) is 1. The van der Waals surface area contributed by atoms with Crippen molar-refractivity contribution in [1.29, 1.82) is 0 Å². The van der Waals surface area contributed by atoms with Gasteiger partial charge in [0.1, 0.15) is 0 Å². The number of hydrogen-bond donors (Lipinski definition) is 0. The van der Waals surface area contributed by atoms with E-state index in [1.54, 1.807) is 11.3 Å². The number of thiophene rings is 1.